The van der Waals surface area contributed by atoms with Gasteiger partial charge in [0.1, 0.15) is 40.8 Å². The van der Waals surface area contributed by atoms with Crippen LogP contribution in [-0.2, 0) is 25.7 Å². The van der Waals surface area contributed by atoms with E-state index in [9.17, 15) is 24.0 Å². The number of carbonyl (C=O) groups excluding carboxylic acids is 5. The number of aromatic nitrogens is 5. The van der Waals surface area contributed by atoms with E-state index in [1.54, 1.807) is 41.0 Å². The summed E-state index contributed by atoms with van der Waals surface area (Å²) < 4.78 is 3.81. The van der Waals surface area contributed by atoms with E-state index in [4.69, 9.17) is 16.6 Å². The minimum atomic E-state index is -0.804. The maximum Gasteiger partial charge on any atom is 0.254 e. The van der Waals surface area contributed by atoms with Crippen molar-refractivity contribution in [2.45, 2.75) is 104 Å². The fraction of sp³-hybridized carbons (Fsp3) is 0.419. The van der Waals surface area contributed by atoms with Gasteiger partial charge < -0.3 is 20.5 Å². The van der Waals surface area contributed by atoms with E-state index in [0.717, 1.165) is 71.8 Å². The molecule has 0 radical (unpaired) electrons. The van der Waals surface area contributed by atoms with E-state index in [1.807, 2.05) is 35.8 Å². The van der Waals surface area contributed by atoms with Gasteiger partial charge in [-0.3, -0.25) is 38.8 Å². The smallest absolute Gasteiger partial charge is 0.254 e. The number of thiophene rings is 1. The Bertz CT molecular complexity index is 2490. The number of carbonyl (C=O) groups is 5. The minimum Gasteiger partial charge on any atom is -0.356 e. The van der Waals surface area contributed by atoms with Crippen molar-refractivity contribution in [3.63, 3.8) is 0 Å². The quantitative estimate of drug-likeness (QED) is 0.0722. The fourth-order valence-electron chi connectivity index (χ4n) is 7.71. The number of unbranched alkanes of at least 4 members (excludes halogenated alkanes) is 5. The van der Waals surface area contributed by atoms with Crippen LogP contribution < -0.4 is 21.3 Å². The third-order valence-corrected chi connectivity index (χ3v) is 12.5. The van der Waals surface area contributed by atoms with E-state index in [0.29, 0.717) is 46.4 Å². The fourth-order valence-corrected chi connectivity index (χ4v) is 9.05. The second-order valence-corrected chi connectivity index (χ2v) is 17.0. The van der Waals surface area contributed by atoms with Gasteiger partial charge in [0.15, 0.2) is 5.82 Å². The third kappa shape index (κ3) is 9.34. The Morgan fingerprint density at radius 1 is 0.883 bits per heavy atom. The molecule has 0 saturated carbocycles. The Morgan fingerprint density at radius 2 is 1.58 bits per heavy atom. The molecule has 7 rings (SSSR count). The number of piperidine rings is 1. The largest absolute Gasteiger partial charge is 0.356 e. The molecule has 15 nitrogen and oxygen atoms in total. The molecule has 2 aromatic carbocycles. The predicted molar refractivity (Wildman–Crippen MR) is 230 cm³/mol. The van der Waals surface area contributed by atoms with Crippen LogP contribution in [0, 0.1) is 27.7 Å². The first-order chi connectivity index (χ1) is 28.9. The van der Waals surface area contributed by atoms with Gasteiger partial charge in [-0.1, -0.05) is 55.5 Å². The number of imidazole rings is 1. The molecule has 0 spiro atoms. The number of halogens is 1. The first kappa shape index (κ1) is 42.4. The average molecular weight is 853 g/mol. The highest BCUT2D eigenvalue weighted by Gasteiger charge is 2.33. The van der Waals surface area contributed by atoms with Crippen LogP contribution in [-0.4, -0.2) is 78.7 Å². The second-order valence-electron chi connectivity index (χ2n) is 15.3. The van der Waals surface area contributed by atoms with Crippen LogP contribution >= 0.6 is 22.9 Å². The van der Waals surface area contributed by atoms with Crippen molar-refractivity contribution >= 4 is 69.2 Å². The molecule has 2 atom stereocenters. The Labute approximate surface area is 356 Å². The molecule has 4 N–H and O–H groups in total. The zero-order valence-electron chi connectivity index (χ0n) is 34.2. The maximum atomic E-state index is 13.3. The summed E-state index contributed by atoms with van der Waals surface area (Å²) in [5, 5.41) is 21.6. The van der Waals surface area contributed by atoms with E-state index in [1.165, 1.54) is 4.88 Å². The Kier molecular flexibility index (Phi) is 13.2. The summed E-state index contributed by atoms with van der Waals surface area (Å²) >= 11 is 7.91. The van der Waals surface area contributed by atoms with Crippen LogP contribution in [0.3, 0.4) is 0 Å². The lowest BCUT2D eigenvalue weighted by atomic mass is 9.99. The number of aliphatic imine (C=N–C) groups is 1. The molecule has 314 valence electrons. The molecular formula is C43H49ClN10O5S. The number of hydrogen-bond donors (Lipinski definition) is 4. The maximum absolute atomic E-state index is 13.3. The summed E-state index contributed by atoms with van der Waals surface area (Å²) in [7, 11) is 0. The first-order valence-corrected chi connectivity index (χ1v) is 21.6. The van der Waals surface area contributed by atoms with Crippen LogP contribution in [0.1, 0.15) is 113 Å². The summed E-state index contributed by atoms with van der Waals surface area (Å²) in [6.07, 6.45) is 6.20. The highest BCUT2D eigenvalue weighted by atomic mass is 35.5. The number of imide groups is 1. The lowest BCUT2D eigenvalue weighted by Crippen LogP contribution is -2.52. The number of benzene rings is 2. The predicted octanol–water partition coefficient (Wildman–Crippen LogP) is 5.66. The van der Waals surface area contributed by atoms with Gasteiger partial charge in [-0.2, -0.15) is 0 Å². The van der Waals surface area contributed by atoms with Gasteiger partial charge in [0.25, 0.3) is 5.91 Å². The van der Waals surface area contributed by atoms with E-state index in [-0.39, 0.29) is 43.5 Å². The van der Waals surface area contributed by atoms with Gasteiger partial charge in [0.2, 0.25) is 23.6 Å². The van der Waals surface area contributed by atoms with Crippen LogP contribution in [0.5, 0.6) is 0 Å². The van der Waals surface area contributed by atoms with Crippen molar-refractivity contribution in [3.05, 3.63) is 92.1 Å². The number of nitrogens with one attached hydrogen (secondary N) is 4. The van der Waals surface area contributed by atoms with Gasteiger partial charge >= 0.3 is 0 Å². The van der Waals surface area contributed by atoms with Gasteiger partial charge in [0.05, 0.1) is 23.2 Å². The molecule has 5 heterocycles. The van der Waals surface area contributed by atoms with Crippen molar-refractivity contribution in [2.24, 2.45) is 4.99 Å². The number of rotatable bonds is 16. The molecule has 0 bridgehead atoms. The molecule has 5 amide bonds. The normalized spacial score (nSPS) is 16.1. The molecule has 0 aliphatic carbocycles. The van der Waals surface area contributed by atoms with Crippen LogP contribution in [0.2, 0.25) is 5.02 Å². The molecule has 1 unspecified atom stereocenters. The van der Waals surface area contributed by atoms with Gasteiger partial charge in [-0.25, -0.2) is 4.98 Å². The lowest BCUT2D eigenvalue weighted by molar-refractivity contribution is -0.134. The number of nitrogens with zero attached hydrogens (tertiary/aromatic N) is 6. The molecule has 17 heteroatoms. The van der Waals surface area contributed by atoms with Crippen molar-refractivity contribution in [3.8, 4) is 5.00 Å². The Hall–Kier alpha value is -5.74. The second kappa shape index (κ2) is 18.7. The van der Waals surface area contributed by atoms with Crippen LogP contribution in [0.4, 0.5) is 0 Å². The monoisotopic (exact) mass is 852 g/mol. The molecule has 1 fully saturated rings. The van der Waals surface area contributed by atoms with E-state index < -0.39 is 23.9 Å². The number of para-hydroxylation sites is 1. The van der Waals surface area contributed by atoms with Gasteiger partial charge in [-0.15, -0.1) is 21.5 Å². The standard InChI is InChI=1S/C43H49ClN10O5S/c1-24-25(2)60-43-37(24)38(28-14-16-29(44)17-15-28)48-32(40-52-51-27(4)54(40)43)22-35(56)45-20-9-7-5-6-8-10-21-46-36(57)23-53-26(3)47-39-30(12-11-13-33(39)53)41(58)49-31-18-19-34(55)50-42(31)59/h11-17,31-32H,5-10,18-23H2,1-4H3,(H,45,56)(H,46,57)(H,49,58)(H,50,55,59)/t31?,32-/m0/s1. The summed E-state index contributed by atoms with van der Waals surface area (Å²) in [5.74, 6) is 0.393. The van der Waals surface area contributed by atoms with Gasteiger partial charge in [0, 0.05) is 40.5 Å². The highest BCUT2D eigenvalue weighted by molar-refractivity contribution is 7.15. The summed E-state index contributed by atoms with van der Waals surface area (Å²) in [5.41, 5.74) is 5.29. The topological polar surface area (TPSA) is 194 Å². The lowest BCUT2D eigenvalue weighted by Gasteiger charge is -2.21. The number of hydrogen-bond acceptors (Lipinski definition) is 10. The molecule has 1 saturated heterocycles. The molecule has 60 heavy (non-hydrogen) atoms. The number of fused-ring (bicyclic) bond motifs is 4. The molecule has 3 aromatic heterocycles. The van der Waals surface area contributed by atoms with Crippen molar-refractivity contribution < 1.29 is 24.0 Å². The summed E-state index contributed by atoms with van der Waals surface area (Å²) in [6.45, 7) is 9.08. The van der Waals surface area contributed by atoms with Crippen molar-refractivity contribution in [1.29, 1.82) is 0 Å². The Morgan fingerprint density at radius 3 is 2.30 bits per heavy atom. The summed E-state index contributed by atoms with van der Waals surface area (Å²) in [6, 6.07) is 11.5. The Balaban J connectivity index is 0.828. The zero-order valence-corrected chi connectivity index (χ0v) is 35.8. The average Bonchev–Trinajstić information content (AvgIpc) is 3.82. The van der Waals surface area contributed by atoms with E-state index >= 15 is 0 Å². The molecular weight excluding hydrogens is 804 g/mol. The third-order valence-electron chi connectivity index (χ3n) is 11.0. The van der Waals surface area contributed by atoms with Crippen LogP contribution in [0.15, 0.2) is 47.5 Å². The number of aryl methyl sites for hydroxylation is 3. The molecule has 2 aliphatic heterocycles. The van der Waals surface area contributed by atoms with E-state index in [2.05, 4.69) is 50.3 Å². The molecule has 2 aliphatic rings. The van der Waals surface area contributed by atoms with Crippen molar-refractivity contribution in [2.75, 3.05) is 13.1 Å². The summed E-state index contributed by atoms with van der Waals surface area (Å²) in [4.78, 5) is 73.9. The van der Waals surface area contributed by atoms with Crippen LogP contribution in [0.25, 0.3) is 16.0 Å². The first-order valence-electron chi connectivity index (χ1n) is 20.4. The SMILES string of the molecule is Cc1sc2c(c1C)C(c1ccc(Cl)cc1)=N[C@@H](CC(=O)NCCCCCCCCNC(=O)Cn1c(C)nc3c(C(=O)NC4CCC(=O)NC4=O)cccc31)c1nnc(C)n1-2. The minimum absolute atomic E-state index is 0.0530. The van der Waals surface area contributed by atoms with Gasteiger partial charge in [-0.05, 0) is 76.8 Å². The van der Waals surface area contributed by atoms with Crippen molar-refractivity contribution in [1.82, 2.24) is 45.6 Å². The number of amides is 5. The highest BCUT2D eigenvalue weighted by Crippen LogP contribution is 2.39. The zero-order chi connectivity index (χ0) is 42.5. The molecule has 5 aromatic rings.